The Hall–Kier alpha value is -2.22. The number of nitrogens with one attached hydrogen (secondary N) is 2. The number of amides is 1. The number of piperidine rings is 1. The monoisotopic (exact) mass is 317 g/mol. The van der Waals surface area contributed by atoms with Crippen molar-refractivity contribution in [2.45, 2.75) is 39.3 Å². The molecule has 3 heterocycles. The smallest absolute Gasteiger partial charge is 0.297 e. The Kier molecular flexibility index (Phi) is 4.71. The predicted molar refractivity (Wildman–Crippen MR) is 86.2 cm³/mol. The SMILES string of the molecule is CC(C)Cn1ccnc1NC(=O)c1ncn(C2CCCNC2)n1. The normalized spacial score (nSPS) is 18.3. The molecule has 3 rings (SSSR count). The van der Waals surface area contributed by atoms with Crippen LogP contribution in [-0.2, 0) is 6.54 Å². The van der Waals surface area contributed by atoms with Gasteiger partial charge >= 0.3 is 0 Å². The first kappa shape index (κ1) is 15.7. The zero-order chi connectivity index (χ0) is 16.2. The van der Waals surface area contributed by atoms with Gasteiger partial charge < -0.3 is 9.88 Å². The summed E-state index contributed by atoms with van der Waals surface area (Å²) in [6.07, 6.45) is 7.33. The van der Waals surface area contributed by atoms with Crippen LogP contribution >= 0.6 is 0 Å². The summed E-state index contributed by atoms with van der Waals surface area (Å²) in [5.74, 6) is 0.841. The fourth-order valence-electron chi connectivity index (χ4n) is 2.75. The number of carbonyl (C=O) groups is 1. The van der Waals surface area contributed by atoms with Gasteiger partial charge in [-0.1, -0.05) is 13.8 Å². The van der Waals surface area contributed by atoms with Crippen LogP contribution < -0.4 is 10.6 Å². The molecule has 0 saturated carbocycles. The van der Waals surface area contributed by atoms with Crippen molar-refractivity contribution < 1.29 is 4.79 Å². The number of hydrogen-bond donors (Lipinski definition) is 2. The van der Waals surface area contributed by atoms with Gasteiger partial charge in [0.05, 0.1) is 6.04 Å². The highest BCUT2D eigenvalue weighted by Crippen LogP contribution is 2.15. The number of carbonyl (C=O) groups excluding carboxylic acids is 1. The maximum atomic E-state index is 12.3. The van der Waals surface area contributed by atoms with Gasteiger partial charge in [-0.2, -0.15) is 0 Å². The minimum atomic E-state index is -0.330. The van der Waals surface area contributed by atoms with E-state index >= 15 is 0 Å². The van der Waals surface area contributed by atoms with E-state index in [1.54, 1.807) is 17.2 Å². The van der Waals surface area contributed by atoms with Crippen molar-refractivity contribution in [3.63, 3.8) is 0 Å². The molecular formula is C15H23N7O. The van der Waals surface area contributed by atoms with E-state index in [2.05, 4.69) is 39.5 Å². The van der Waals surface area contributed by atoms with Crippen LogP contribution in [0.5, 0.6) is 0 Å². The van der Waals surface area contributed by atoms with E-state index in [0.717, 1.165) is 32.5 Å². The van der Waals surface area contributed by atoms with Gasteiger partial charge in [-0.25, -0.2) is 14.6 Å². The average Bonchev–Trinajstić information content (AvgIpc) is 3.18. The number of imidazole rings is 1. The minimum absolute atomic E-state index is 0.176. The molecule has 8 nitrogen and oxygen atoms in total. The molecule has 2 N–H and O–H groups in total. The van der Waals surface area contributed by atoms with Crippen LogP contribution in [0.3, 0.4) is 0 Å². The van der Waals surface area contributed by atoms with Crippen molar-refractivity contribution in [3.8, 4) is 0 Å². The summed E-state index contributed by atoms with van der Waals surface area (Å²) >= 11 is 0. The second-order valence-electron chi connectivity index (χ2n) is 6.30. The van der Waals surface area contributed by atoms with Crippen molar-refractivity contribution >= 4 is 11.9 Å². The molecule has 1 amide bonds. The molecule has 1 unspecified atom stereocenters. The molecule has 0 aromatic carbocycles. The summed E-state index contributed by atoms with van der Waals surface area (Å²) < 4.78 is 3.70. The van der Waals surface area contributed by atoms with E-state index in [-0.39, 0.29) is 17.8 Å². The van der Waals surface area contributed by atoms with E-state index in [9.17, 15) is 4.79 Å². The molecule has 0 spiro atoms. The predicted octanol–water partition coefficient (Wildman–Crippen LogP) is 1.31. The molecule has 0 bridgehead atoms. The summed E-state index contributed by atoms with van der Waals surface area (Å²) in [7, 11) is 0. The number of aromatic nitrogens is 5. The molecule has 1 saturated heterocycles. The first-order valence-corrected chi connectivity index (χ1v) is 8.08. The summed E-state index contributed by atoms with van der Waals surface area (Å²) in [5, 5.41) is 10.4. The Morgan fingerprint density at radius 3 is 3.09 bits per heavy atom. The standard InChI is InChI=1S/C15H23N7O/c1-11(2)9-21-7-6-17-15(21)19-14(23)13-18-10-22(20-13)12-4-3-5-16-8-12/h6-7,10-12,16H,3-5,8-9H2,1-2H3,(H,17,19,23). The highest BCUT2D eigenvalue weighted by atomic mass is 16.2. The number of hydrogen-bond acceptors (Lipinski definition) is 5. The van der Waals surface area contributed by atoms with Crippen molar-refractivity contribution in [2.75, 3.05) is 18.4 Å². The lowest BCUT2D eigenvalue weighted by Crippen LogP contribution is -2.32. The van der Waals surface area contributed by atoms with Gasteiger partial charge in [0.1, 0.15) is 6.33 Å². The molecule has 1 fully saturated rings. The molecule has 0 aliphatic carbocycles. The van der Waals surface area contributed by atoms with E-state index < -0.39 is 0 Å². The van der Waals surface area contributed by atoms with Crippen LogP contribution in [0.1, 0.15) is 43.3 Å². The third-order valence-corrected chi connectivity index (χ3v) is 3.86. The average molecular weight is 317 g/mol. The Labute approximate surface area is 135 Å². The second-order valence-corrected chi connectivity index (χ2v) is 6.30. The van der Waals surface area contributed by atoms with Crippen LogP contribution in [0.25, 0.3) is 0 Å². The molecule has 2 aromatic heterocycles. The quantitative estimate of drug-likeness (QED) is 0.868. The summed E-state index contributed by atoms with van der Waals surface area (Å²) in [6, 6.07) is 0.265. The zero-order valence-corrected chi connectivity index (χ0v) is 13.6. The van der Waals surface area contributed by atoms with Crippen molar-refractivity contribution in [1.82, 2.24) is 29.6 Å². The lowest BCUT2D eigenvalue weighted by Gasteiger charge is -2.22. The van der Waals surface area contributed by atoms with Crippen LogP contribution in [0.15, 0.2) is 18.7 Å². The third-order valence-electron chi connectivity index (χ3n) is 3.86. The molecule has 1 atom stereocenters. The Morgan fingerprint density at radius 1 is 1.48 bits per heavy atom. The molecule has 2 aromatic rings. The fraction of sp³-hybridized carbons (Fsp3) is 0.600. The van der Waals surface area contributed by atoms with Crippen molar-refractivity contribution in [2.24, 2.45) is 5.92 Å². The molecule has 23 heavy (non-hydrogen) atoms. The largest absolute Gasteiger partial charge is 0.317 e. The zero-order valence-electron chi connectivity index (χ0n) is 13.6. The fourth-order valence-corrected chi connectivity index (χ4v) is 2.75. The highest BCUT2D eigenvalue weighted by Gasteiger charge is 2.19. The van der Waals surface area contributed by atoms with Gasteiger partial charge in [0.2, 0.25) is 11.8 Å². The van der Waals surface area contributed by atoms with Crippen molar-refractivity contribution in [3.05, 3.63) is 24.5 Å². The van der Waals surface area contributed by atoms with Gasteiger partial charge in [0.15, 0.2) is 0 Å². The Bertz CT molecular complexity index is 654. The molecule has 1 aliphatic heterocycles. The molecular weight excluding hydrogens is 294 g/mol. The van der Waals surface area contributed by atoms with E-state index in [1.165, 1.54) is 0 Å². The lowest BCUT2D eigenvalue weighted by molar-refractivity contribution is 0.101. The molecule has 0 radical (unpaired) electrons. The molecule has 8 heteroatoms. The lowest BCUT2D eigenvalue weighted by atomic mass is 10.1. The second kappa shape index (κ2) is 6.91. The first-order chi connectivity index (χ1) is 11.1. The van der Waals surface area contributed by atoms with Crippen LogP contribution in [0.2, 0.25) is 0 Å². The summed E-state index contributed by atoms with van der Waals surface area (Å²) in [6.45, 7) is 6.94. The summed E-state index contributed by atoms with van der Waals surface area (Å²) in [4.78, 5) is 20.7. The minimum Gasteiger partial charge on any atom is -0.317 e. The third kappa shape index (κ3) is 3.76. The topological polar surface area (TPSA) is 89.7 Å². The van der Waals surface area contributed by atoms with E-state index in [4.69, 9.17) is 0 Å². The van der Waals surface area contributed by atoms with Crippen LogP contribution in [-0.4, -0.2) is 43.3 Å². The Balaban J connectivity index is 1.67. The molecule has 124 valence electrons. The van der Waals surface area contributed by atoms with Crippen LogP contribution in [0.4, 0.5) is 5.95 Å². The maximum absolute atomic E-state index is 12.3. The van der Waals surface area contributed by atoms with Crippen LogP contribution in [0, 0.1) is 5.92 Å². The Morgan fingerprint density at radius 2 is 2.35 bits per heavy atom. The number of anilines is 1. The van der Waals surface area contributed by atoms with E-state index in [0.29, 0.717) is 11.9 Å². The maximum Gasteiger partial charge on any atom is 0.297 e. The van der Waals surface area contributed by atoms with E-state index in [1.807, 2.05) is 10.8 Å². The summed E-state index contributed by atoms with van der Waals surface area (Å²) in [5.41, 5.74) is 0. The van der Waals surface area contributed by atoms with Gasteiger partial charge in [-0.3, -0.25) is 10.1 Å². The van der Waals surface area contributed by atoms with Gasteiger partial charge in [-0.15, -0.1) is 5.10 Å². The first-order valence-electron chi connectivity index (χ1n) is 8.08. The van der Waals surface area contributed by atoms with Crippen molar-refractivity contribution in [1.29, 1.82) is 0 Å². The van der Waals surface area contributed by atoms with Gasteiger partial charge in [-0.05, 0) is 25.3 Å². The van der Waals surface area contributed by atoms with Gasteiger partial charge in [0, 0.05) is 25.5 Å². The number of nitrogens with zero attached hydrogens (tertiary/aromatic N) is 5. The highest BCUT2D eigenvalue weighted by molar-refractivity contribution is 6.00. The van der Waals surface area contributed by atoms with Gasteiger partial charge in [0.25, 0.3) is 5.91 Å². The number of rotatable bonds is 5. The molecule has 1 aliphatic rings.